The van der Waals surface area contributed by atoms with E-state index in [0.717, 1.165) is 12.1 Å². The number of carboxylic acids is 1. The number of carbonyl (C=O) groups excluding carboxylic acids is 1. The third kappa shape index (κ3) is 6.12. The lowest BCUT2D eigenvalue weighted by molar-refractivity contribution is -0.192. The number of nitrogens with two attached hydrogens (primary N) is 1. The van der Waals surface area contributed by atoms with Crippen LogP contribution in [0.5, 0.6) is 0 Å². The van der Waals surface area contributed by atoms with E-state index in [4.69, 9.17) is 29.8 Å². The van der Waals surface area contributed by atoms with Crippen LogP contribution in [0, 0.1) is 11.6 Å². The first-order valence-electron chi connectivity index (χ1n) is 9.25. The van der Waals surface area contributed by atoms with Crippen LogP contribution in [0.4, 0.5) is 22.0 Å². The summed E-state index contributed by atoms with van der Waals surface area (Å²) in [4.78, 5) is 20.4. The largest absolute Gasteiger partial charge is 0.490 e. The van der Waals surface area contributed by atoms with Crippen LogP contribution in [-0.2, 0) is 28.5 Å². The predicted molar refractivity (Wildman–Crippen MR) is 96.1 cm³/mol. The molecule has 8 nitrogen and oxygen atoms in total. The Kier molecular flexibility index (Phi) is 7.81. The molecule has 0 saturated carbocycles. The number of fused-ring (bicyclic) bond motifs is 1. The van der Waals surface area contributed by atoms with E-state index in [9.17, 15) is 26.7 Å². The van der Waals surface area contributed by atoms with Crippen LogP contribution in [0.2, 0.25) is 0 Å². The van der Waals surface area contributed by atoms with Crippen molar-refractivity contribution < 1.29 is 55.6 Å². The van der Waals surface area contributed by atoms with Gasteiger partial charge in [0.2, 0.25) is 0 Å². The van der Waals surface area contributed by atoms with Gasteiger partial charge in [-0.15, -0.1) is 0 Å². The number of ether oxygens (including phenoxy) is 4. The topological polar surface area (TPSA) is 117 Å². The molecule has 13 heteroatoms. The van der Waals surface area contributed by atoms with Gasteiger partial charge in [-0.2, -0.15) is 13.2 Å². The predicted octanol–water partition coefficient (Wildman–Crippen LogP) is 2.45. The first-order valence-corrected chi connectivity index (χ1v) is 9.25. The first-order chi connectivity index (χ1) is 14.7. The van der Waals surface area contributed by atoms with Gasteiger partial charge >= 0.3 is 18.1 Å². The van der Waals surface area contributed by atoms with Crippen molar-refractivity contribution in [3.05, 3.63) is 35.4 Å². The van der Waals surface area contributed by atoms with Crippen LogP contribution in [0.25, 0.3) is 0 Å². The Morgan fingerprint density at radius 2 is 1.78 bits per heavy atom. The standard InChI is InChI=1S/C17H21F2NO5.C2HF3O2/c1-17(2)24-15-13(9-5-4-8(18)6-10(9)19)23-14(16(15)25-17)11(20)7-12(21)22-3;3-2(4,5)1(6)7/h4-6,11,13-16H,7,20H2,1-3H3;(H,6,7)/t11-,13+,14-,15-,16+;/m1./s1. The lowest BCUT2D eigenvalue weighted by atomic mass is 9.97. The molecule has 0 aromatic heterocycles. The van der Waals surface area contributed by atoms with E-state index < -0.39 is 66.0 Å². The number of benzene rings is 1. The second kappa shape index (κ2) is 9.65. The second-order valence-corrected chi connectivity index (χ2v) is 7.50. The number of aliphatic carboxylic acids is 1. The molecular weight excluding hydrogens is 449 g/mol. The van der Waals surface area contributed by atoms with E-state index in [1.54, 1.807) is 13.8 Å². The fourth-order valence-corrected chi connectivity index (χ4v) is 3.35. The maximum atomic E-state index is 14.2. The zero-order chi connectivity index (χ0) is 24.4. The van der Waals surface area contributed by atoms with Gasteiger partial charge < -0.3 is 29.8 Å². The van der Waals surface area contributed by atoms with Gasteiger partial charge in [-0.25, -0.2) is 13.6 Å². The Morgan fingerprint density at radius 1 is 1.22 bits per heavy atom. The Labute approximate surface area is 179 Å². The molecular formula is C19H22F5NO7. The molecule has 0 amide bonds. The maximum absolute atomic E-state index is 14.2. The lowest BCUT2D eigenvalue weighted by Crippen LogP contribution is -2.44. The molecule has 1 aromatic rings. The van der Waals surface area contributed by atoms with Crippen molar-refractivity contribution in [3.8, 4) is 0 Å². The third-order valence-electron chi connectivity index (χ3n) is 4.65. The van der Waals surface area contributed by atoms with Crippen molar-refractivity contribution in [2.75, 3.05) is 7.11 Å². The fourth-order valence-electron chi connectivity index (χ4n) is 3.35. The molecule has 0 unspecified atom stereocenters. The van der Waals surface area contributed by atoms with Crippen molar-refractivity contribution in [3.63, 3.8) is 0 Å². The van der Waals surface area contributed by atoms with Crippen molar-refractivity contribution in [2.45, 2.75) is 62.7 Å². The summed E-state index contributed by atoms with van der Waals surface area (Å²) in [5.74, 6) is -5.57. The van der Waals surface area contributed by atoms with E-state index in [0.29, 0.717) is 0 Å². The monoisotopic (exact) mass is 471 g/mol. The molecule has 2 aliphatic rings. The van der Waals surface area contributed by atoms with Crippen LogP contribution in [0.1, 0.15) is 31.9 Å². The number of methoxy groups -OCH3 is 1. The van der Waals surface area contributed by atoms with Gasteiger partial charge in [0.05, 0.1) is 13.5 Å². The van der Waals surface area contributed by atoms with Gasteiger partial charge in [0, 0.05) is 17.7 Å². The number of carbonyl (C=O) groups is 2. The van der Waals surface area contributed by atoms with Crippen molar-refractivity contribution >= 4 is 11.9 Å². The molecule has 3 N–H and O–H groups in total. The number of hydrogen-bond acceptors (Lipinski definition) is 7. The molecule has 32 heavy (non-hydrogen) atoms. The highest BCUT2D eigenvalue weighted by Gasteiger charge is 2.57. The summed E-state index contributed by atoms with van der Waals surface area (Å²) in [5.41, 5.74) is 6.25. The minimum absolute atomic E-state index is 0.0766. The summed E-state index contributed by atoms with van der Waals surface area (Å²) >= 11 is 0. The molecule has 180 valence electrons. The van der Waals surface area contributed by atoms with Crippen LogP contribution in [0.3, 0.4) is 0 Å². The average Bonchev–Trinajstić information content (AvgIpc) is 3.14. The summed E-state index contributed by atoms with van der Waals surface area (Å²) in [6, 6.07) is 2.54. The molecule has 2 fully saturated rings. The van der Waals surface area contributed by atoms with E-state index in [2.05, 4.69) is 4.74 Å². The third-order valence-corrected chi connectivity index (χ3v) is 4.65. The Bertz CT molecular complexity index is 848. The minimum Gasteiger partial charge on any atom is -0.475 e. The quantitative estimate of drug-likeness (QED) is 0.508. The van der Waals surface area contributed by atoms with Crippen LogP contribution in [0.15, 0.2) is 18.2 Å². The molecule has 1 aromatic carbocycles. The zero-order valence-corrected chi connectivity index (χ0v) is 17.2. The molecule has 0 spiro atoms. The van der Waals surface area contributed by atoms with Crippen LogP contribution in [-0.4, -0.2) is 60.5 Å². The summed E-state index contributed by atoms with van der Waals surface area (Å²) in [5, 5.41) is 7.12. The smallest absolute Gasteiger partial charge is 0.475 e. The van der Waals surface area contributed by atoms with E-state index in [1.165, 1.54) is 13.2 Å². The van der Waals surface area contributed by atoms with Gasteiger partial charge in [-0.05, 0) is 19.9 Å². The molecule has 3 rings (SSSR count). The fraction of sp³-hybridized carbons (Fsp3) is 0.579. The zero-order valence-electron chi connectivity index (χ0n) is 17.2. The summed E-state index contributed by atoms with van der Waals surface area (Å²) in [7, 11) is 1.27. The summed E-state index contributed by atoms with van der Waals surface area (Å²) < 4.78 is 81.4. The van der Waals surface area contributed by atoms with E-state index >= 15 is 0 Å². The number of rotatable bonds is 4. The van der Waals surface area contributed by atoms with Gasteiger partial charge in [-0.1, -0.05) is 6.07 Å². The first kappa shape index (κ1) is 25.9. The minimum atomic E-state index is -5.08. The average molecular weight is 471 g/mol. The number of esters is 1. The van der Waals surface area contributed by atoms with Crippen molar-refractivity contribution in [2.24, 2.45) is 5.73 Å². The van der Waals surface area contributed by atoms with Gasteiger partial charge in [0.25, 0.3) is 0 Å². The highest BCUT2D eigenvalue weighted by molar-refractivity contribution is 5.73. The molecule has 5 atom stereocenters. The molecule has 2 heterocycles. The second-order valence-electron chi connectivity index (χ2n) is 7.50. The number of carboxylic acid groups (broad SMARTS) is 1. The Morgan fingerprint density at radius 3 is 2.28 bits per heavy atom. The van der Waals surface area contributed by atoms with Crippen molar-refractivity contribution in [1.82, 2.24) is 0 Å². The summed E-state index contributed by atoms with van der Waals surface area (Å²) in [6.45, 7) is 3.46. The van der Waals surface area contributed by atoms with Gasteiger partial charge in [0.1, 0.15) is 36.1 Å². The highest BCUT2D eigenvalue weighted by Crippen LogP contribution is 2.46. The Hall–Kier alpha value is -2.35. The molecule has 0 bridgehead atoms. The Balaban J connectivity index is 0.000000451. The van der Waals surface area contributed by atoms with Crippen LogP contribution >= 0.6 is 0 Å². The van der Waals surface area contributed by atoms with E-state index in [1.807, 2.05) is 0 Å². The molecule has 2 aliphatic heterocycles. The highest BCUT2D eigenvalue weighted by atomic mass is 19.4. The van der Waals surface area contributed by atoms with Gasteiger partial charge in [-0.3, -0.25) is 4.79 Å². The van der Waals surface area contributed by atoms with Crippen molar-refractivity contribution in [1.29, 1.82) is 0 Å². The molecule has 2 saturated heterocycles. The van der Waals surface area contributed by atoms with Gasteiger partial charge in [0.15, 0.2) is 5.79 Å². The number of alkyl halides is 3. The molecule has 0 radical (unpaired) electrons. The number of halogens is 5. The molecule has 0 aliphatic carbocycles. The van der Waals surface area contributed by atoms with Crippen LogP contribution < -0.4 is 5.73 Å². The summed E-state index contributed by atoms with van der Waals surface area (Å²) in [6.07, 6.45) is -7.87. The number of hydrogen-bond donors (Lipinski definition) is 2. The lowest BCUT2D eigenvalue weighted by Gasteiger charge is -2.27. The normalized spacial score (nSPS) is 27.2. The maximum Gasteiger partial charge on any atom is 0.490 e. The SMILES string of the molecule is COC(=O)C[C@@H](N)[C@H]1O[C@@H](c2ccc(F)cc2F)[C@H]2OC(C)(C)O[C@@H]12.O=C(O)C(F)(F)F. The van der Waals surface area contributed by atoms with E-state index in [-0.39, 0.29) is 12.0 Å².